The van der Waals surface area contributed by atoms with Crippen LogP contribution in [0.1, 0.15) is 47.3 Å². The van der Waals surface area contributed by atoms with Crippen molar-refractivity contribution in [1.29, 1.82) is 0 Å². The maximum Gasteiger partial charge on any atom is 0.338 e. The molecule has 0 radical (unpaired) electrons. The van der Waals surface area contributed by atoms with Crippen molar-refractivity contribution >= 4 is 17.6 Å². The zero-order valence-corrected chi connectivity index (χ0v) is 16.6. The van der Waals surface area contributed by atoms with Crippen LogP contribution in [0.15, 0.2) is 36.4 Å². The number of anilines is 1. The molecule has 0 bridgehead atoms. The van der Waals surface area contributed by atoms with Gasteiger partial charge in [0.2, 0.25) is 0 Å². The minimum atomic E-state index is -0.627. The zero-order valence-electron chi connectivity index (χ0n) is 16.6. The number of carbonyl (C=O) groups excluding carboxylic acids is 2. The van der Waals surface area contributed by atoms with Crippen molar-refractivity contribution in [2.75, 3.05) is 11.9 Å². The number of amides is 1. The fraction of sp³-hybridized carbons (Fsp3) is 0.364. The molecule has 2 aromatic rings. The van der Waals surface area contributed by atoms with E-state index in [1.165, 1.54) is 5.56 Å². The van der Waals surface area contributed by atoms with Gasteiger partial charge in [0.05, 0.1) is 12.2 Å². The Hall–Kier alpha value is -2.82. The van der Waals surface area contributed by atoms with Crippen LogP contribution in [-0.2, 0) is 9.53 Å². The maximum absolute atomic E-state index is 12.7. The molecule has 0 heterocycles. The Morgan fingerprint density at radius 2 is 1.67 bits per heavy atom. The van der Waals surface area contributed by atoms with Gasteiger partial charge in [-0.2, -0.15) is 0 Å². The first kappa shape index (κ1) is 20.5. The third kappa shape index (κ3) is 5.33. The minimum Gasteiger partial charge on any atom is -0.481 e. The van der Waals surface area contributed by atoms with Crippen LogP contribution in [0.25, 0.3) is 0 Å². The number of nitrogens with one attached hydrogen (secondary N) is 1. The molecular weight excluding hydrogens is 342 g/mol. The molecule has 0 saturated heterocycles. The van der Waals surface area contributed by atoms with Crippen LogP contribution >= 0.6 is 0 Å². The second kappa shape index (κ2) is 9.21. The molecule has 2 aromatic carbocycles. The SMILES string of the molecule is CCOC(=O)c1ccc(C)c(NC(=O)[C@H](CC)Oc2ccc(C)c(C)c2)c1. The van der Waals surface area contributed by atoms with Crippen LogP contribution in [0.5, 0.6) is 5.75 Å². The summed E-state index contributed by atoms with van der Waals surface area (Å²) in [6.45, 7) is 9.86. The van der Waals surface area contributed by atoms with E-state index in [9.17, 15) is 9.59 Å². The van der Waals surface area contributed by atoms with Gasteiger partial charge in [0, 0.05) is 5.69 Å². The summed E-state index contributed by atoms with van der Waals surface area (Å²) < 4.78 is 10.9. The molecule has 1 amide bonds. The fourth-order valence-electron chi connectivity index (χ4n) is 2.59. The lowest BCUT2D eigenvalue weighted by molar-refractivity contribution is -0.122. The van der Waals surface area contributed by atoms with Gasteiger partial charge in [-0.05, 0) is 75.1 Å². The molecule has 0 aliphatic carbocycles. The third-order valence-electron chi connectivity index (χ3n) is 4.43. The fourth-order valence-corrected chi connectivity index (χ4v) is 2.59. The van der Waals surface area contributed by atoms with Crippen molar-refractivity contribution in [3.63, 3.8) is 0 Å². The highest BCUT2D eigenvalue weighted by Gasteiger charge is 2.20. The van der Waals surface area contributed by atoms with Gasteiger partial charge in [-0.15, -0.1) is 0 Å². The number of rotatable bonds is 7. The normalized spacial score (nSPS) is 11.6. The van der Waals surface area contributed by atoms with E-state index in [2.05, 4.69) is 5.32 Å². The quantitative estimate of drug-likeness (QED) is 0.725. The summed E-state index contributed by atoms with van der Waals surface area (Å²) in [4.78, 5) is 24.6. The third-order valence-corrected chi connectivity index (χ3v) is 4.43. The Morgan fingerprint density at radius 1 is 0.963 bits per heavy atom. The largest absolute Gasteiger partial charge is 0.481 e. The van der Waals surface area contributed by atoms with E-state index < -0.39 is 12.1 Å². The predicted molar refractivity (Wildman–Crippen MR) is 106 cm³/mol. The molecule has 144 valence electrons. The Balaban J connectivity index is 2.15. The maximum atomic E-state index is 12.7. The second-order valence-electron chi connectivity index (χ2n) is 6.50. The number of hydrogen-bond donors (Lipinski definition) is 1. The van der Waals surface area contributed by atoms with Crippen molar-refractivity contribution in [2.45, 2.75) is 47.1 Å². The van der Waals surface area contributed by atoms with Gasteiger partial charge < -0.3 is 14.8 Å². The van der Waals surface area contributed by atoms with E-state index in [4.69, 9.17) is 9.47 Å². The first-order valence-electron chi connectivity index (χ1n) is 9.18. The van der Waals surface area contributed by atoms with Gasteiger partial charge in [0.1, 0.15) is 5.75 Å². The van der Waals surface area contributed by atoms with E-state index in [-0.39, 0.29) is 5.91 Å². The topological polar surface area (TPSA) is 64.6 Å². The summed E-state index contributed by atoms with van der Waals surface area (Å²) in [7, 11) is 0. The highest BCUT2D eigenvalue weighted by Crippen LogP contribution is 2.21. The molecule has 0 aliphatic rings. The van der Waals surface area contributed by atoms with Crippen LogP contribution in [0, 0.1) is 20.8 Å². The van der Waals surface area contributed by atoms with Crippen LogP contribution in [-0.4, -0.2) is 24.6 Å². The molecule has 5 nitrogen and oxygen atoms in total. The molecule has 0 unspecified atom stereocenters. The van der Waals surface area contributed by atoms with E-state index in [1.54, 1.807) is 25.1 Å². The van der Waals surface area contributed by atoms with Crippen molar-refractivity contribution in [3.05, 3.63) is 58.7 Å². The van der Waals surface area contributed by atoms with Crippen molar-refractivity contribution in [2.24, 2.45) is 0 Å². The van der Waals surface area contributed by atoms with Gasteiger partial charge in [-0.1, -0.05) is 19.1 Å². The summed E-state index contributed by atoms with van der Waals surface area (Å²) in [5, 5.41) is 2.87. The van der Waals surface area contributed by atoms with Gasteiger partial charge in [-0.25, -0.2) is 4.79 Å². The zero-order chi connectivity index (χ0) is 20.0. The lowest BCUT2D eigenvalue weighted by Gasteiger charge is -2.19. The number of hydrogen-bond acceptors (Lipinski definition) is 4. The Labute approximate surface area is 160 Å². The van der Waals surface area contributed by atoms with E-state index in [0.717, 1.165) is 11.1 Å². The highest BCUT2D eigenvalue weighted by atomic mass is 16.5. The van der Waals surface area contributed by atoms with Gasteiger partial charge in [0.15, 0.2) is 6.10 Å². The number of ether oxygens (including phenoxy) is 2. The molecule has 0 aromatic heterocycles. The molecule has 5 heteroatoms. The summed E-state index contributed by atoms with van der Waals surface area (Å²) in [5.41, 5.74) is 4.12. The number of carbonyl (C=O) groups is 2. The molecule has 0 saturated carbocycles. The van der Waals surface area contributed by atoms with E-state index >= 15 is 0 Å². The molecular formula is C22H27NO4. The molecule has 1 N–H and O–H groups in total. The monoisotopic (exact) mass is 369 g/mol. The first-order valence-corrected chi connectivity index (χ1v) is 9.18. The van der Waals surface area contributed by atoms with Gasteiger partial charge in [0.25, 0.3) is 5.91 Å². The van der Waals surface area contributed by atoms with Crippen LogP contribution in [0.4, 0.5) is 5.69 Å². The van der Waals surface area contributed by atoms with Crippen LogP contribution in [0.2, 0.25) is 0 Å². The van der Waals surface area contributed by atoms with Crippen molar-refractivity contribution in [1.82, 2.24) is 0 Å². The molecule has 0 fully saturated rings. The first-order chi connectivity index (χ1) is 12.8. The van der Waals surface area contributed by atoms with Gasteiger partial charge >= 0.3 is 5.97 Å². The number of esters is 1. The van der Waals surface area contributed by atoms with Crippen LogP contribution in [0.3, 0.4) is 0 Å². The smallest absolute Gasteiger partial charge is 0.338 e. The molecule has 0 aliphatic heterocycles. The summed E-state index contributed by atoms with van der Waals surface area (Å²) in [6.07, 6.45) is -0.104. The van der Waals surface area contributed by atoms with Crippen molar-refractivity contribution < 1.29 is 19.1 Å². The minimum absolute atomic E-state index is 0.250. The lowest BCUT2D eigenvalue weighted by atomic mass is 10.1. The summed E-state index contributed by atoms with van der Waals surface area (Å²) in [6, 6.07) is 10.9. The molecule has 1 atom stereocenters. The Bertz CT molecular complexity index is 829. The molecule has 2 rings (SSSR count). The summed E-state index contributed by atoms with van der Waals surface area (Å²) >= 11 is 0. The van der Waals surface area contributed by atoms with Crippen LogP contribution < -0.4 is 10.1 Å². The van der Waals surface area contributed by atoms with E-state index in [0.29, 0.717) is 30.0 Å². The Morgan fingerprint density at radius 3 is 2.30 bits per heavy atom. The molecule has 0 spiro atoms. The molecule has 27 heavy (non-hydrogen) atoms. The average Bonchev–Trinajstić information content (AvgIpc) is 2.64. The standard InChI is InChI=1S/C22H27NO4/c1-6-20(27-18-11-9-14(3)16(5)12-18)21(24)23-19-13-17(10-8-15(19)4)22(25)26-7-2/h8-13,20H,6-7H2,1-5H3,(H,23,24)/t20-/m0/s1. The number of benzene rings is 2. The average molecular weight is 369 g/mol. The second-order valence-corrected chi connectivity index (χ2v) is 6.50. The summed E-state index contributed by atoms with van der Waals surface area (Å²) in [5.74, 6) is 0.00311. The predicted octanol–water partition coefficient (Wildman–Crippen LogP) is 4.58. The highest BCUT2D eigenvalue weighted by molar-refractivity contribution is 5.97. The van der Waals surface area contributed by atoms with E-state index in [1.807, 2.05) is 45.9 Å². The van der Waals surface area contributed by atoms with Gasteiger partial charge in [-0.3, -0.25) is 4.79 Å². The van der Waals surface area contributed by atoms with Crippen molar-refractivity contribution in [3.8, 4) is 5.75 Å². The number of aryl methyl sites for hydroxylation is 3. The Kier molecular flexibility index (Phi) is 6.99. The lowest BCUT2D eigenvalue weighted by Crippen LogP contribution is -2.32.